The summed E-state index contributed by atoms with van der Waals surface area (Å²) < 4.78 is 37.8. The molecular weight excluding hydrogens is 432 g/mol. The molecule has 170 valence electrons. The monoisotopic (exact) mass is 453 g/mol. The van der Waals surface area contributed by atoms with Crippen LogP contribution in [0.15, 0.2) is 60.8 Å². The molecule has 0 bridgehead atoms. The Balaban J connectivity index is 1.48. The Labute approximate surface area is 188 Å². The van der Waals surface area contributed by atoms with Crippen LogP contribution in [0.1, 0.15) is 47.1 Å². The molecule has 0 aliphatic carbocycles. The Morgan fingerprint density at radius 3 is 2.73 bits per heavy atom. The third-order valence-electron chi connectivity index (χ3n) is 5.18. The first kappa shape index (κ1) is 22.2. The average Bonchev–Trinajstić information content (AvgIpc) is 2.81. The second-order valence-corrected chi connectivity index (χ2v) is 7.44. The standard InChI is InChI=1S/C24H21F2N3O4/c1-14(20-7-2-3-11-27-20)33-24(31)29-21-10-12-32-22-16(21)5-4-6-17(22)23(30)28-15-8-9-18(25)19(26)13-15/h2-9,11,13-14,21H,10,12H2,1H3,(H,28,30)(H,29,31)/t14?,21-/m0/s1. The number of alkyl carbamates (subject to hydrolysis) is 1. The number of carbonyl (C=O) groups excluding carboxylic acids is 2. The number of hydrogen-bond acceptors (Lipinski definition) is 5. The number of nitrogens with one attached hydrogen (secondary N) is 2. The van der Waals surface area contributed by atoms with Gasteiger partial charge in [0.05, 0.1) is 23.9 Å². The van der Waals surface area contributed by atoms with E-state index in [4.69, 9.17) is 9.47 Å². The van der Waals surface area contributed by atoms with E-state index in [1.165, 1.54) is 6.07 Å². The molecule has 0 saturated heterocycles. The van der Waals surface area contributed by atoms with Gasteiger partial charge in [-0.05, 0) is 37.3 Å². The topological polar surface area (TPSA) is 89.5 Å². The number of ether oxygens (including phenoxy) is 2. The van der Waals surface area contributed by atoms with E-state index in [1.54, 1.807) is 43.5 Å². The van der Waals surface area contributed by atoms with Gasteiger partial charge in [-0.1, -0.05) is 18.2 Å². The zero-order valence-corrected chi connectivity index (χ0v) is 17.7. The van der Waals surface area contributed by atoms with Gasteiger partial charge >= 0.3 is 6.09 Å². The van der Waals surface area contributed by atoms with Gasteiger partial charge in [0.1, 0.15) is 11.9 Å². The van der Waals surface area contributed by atoms with E-state index < -0.39 is 35.8 Å². The summed E-state index contributed by atoms with van der Waals surface area (Å²) in [5.74, 6) is -2.31. The van der Waals surface area contributed by atoms with Crippen LogP contribution in [-0.4, -0.2) is 23.6 Å². The molecule has 2 heterocycles. The van der Waals surface area contributed by atoms with E-state index in [1.807, 2.05) is 6.07 Å². The number of hydrogen-bond donors (Lipinski definition) is 2. The lowest BCUT2D eigenvalue weighted by Crippen LogP contribution is -2.33. The molecule has 2 N–H and O–H groups in total. The van der Waals surface area contributed by atoms with Gasteiger partial charge in [-0.3, -0.25) is 9.78 Å². The van der Waals surface area contributed by atoms with Gasteiger partial charge in [-0.15, -0.1) is 0 Å². The van der Waals surface area contributed by atoms with Crippen LogP contribution in [0.2, 0.25) is 0 Å². The van der Waals surface area contributed by atoms with Crippen molar-refractivity contribution in [3.05, 3.63) is 89.2 Å². The highest BCUT2D eigenvalue weighted by Gasteiger charge is 2.28. The molecule has 33 heavy (non-hydrogen) atoms. The fourth-order valence-corrected chi connectivity index (χ4v) is 3.54. The second-order valence-electron chi connectivity index (χ2n) is 7.44. The summed E-state index contributed by atoms with van der Waals surface area (Å²) in [5.41, 5.74) is 1.55. The number of fused-ring (bicyclic) bond motifs is 1. The Morgan fingerprint density at radius 1 is 1.12 bits per heavy atom. The molecule has 0 fully saturated rings. The molecule has 1 unspecified atom stereocenters. The van der Waals surface area contributed by atoms with E-state index in [-0.39, 0.29) is 17.9 Å². The molecule has 2 atom stereocenters. The van der Waals surface area contributed by atoms with E-state index in [0.717, 1.165) is 12.1 Å². The van der Waals surface area contributed by atoms with Crippen LogP contribution >= 0.6 is 0 Å². The smallest absolute Gasteiger partial charge is 0.408 e. The molecule has 3 aromatic rings. The molecule has 1 aliphatic heterocycles. The summed E-state index contributed by atoms with van der Waals surface area (Å²) in [4.78, 5) is 29.4. The minimum absolute atomic E-state index is 0.106. The zero-order chi connectivity index (χ0) is 23.4. The van der Waals surface area contributed by atoms with Crippen LogP contribution < -0.4 is 15.4 Å². The summed E-state index contributed by atoms with van der Waals surface area (Å²) in [6.07, 6.45) is 0.935. The van der Waals surface area contributed by atoms with Crippen LogP contribution in [-0.2, 0) is 4.74 Å². The van der Waals surface area contributed by atoms with Crippen molar-refractivity contribution < 1.29 is 27.8 Å². The highest BCUT2D eigenvalue weighted by molar-refractivity contribution is 6.06. The van der Waals surface area contributed by atoms with E-state index in [0.29, 0.717) is 23.4 Å². The number of rotatable bonds is 5. The lowest BCUT2D eigenvalue weighted by molar-refractivity contribution is 0.0988. The fraction of sp³-hybridized carbons (Fsp3) is 0.208. The van der Waals surface area contributed by atoms with E-state index >= 15 is 0 Å². The number of para-hydroxylation sites is 1. The van der Waals surface area contributed by atoms with Gasteiger partial charge in [0.15, 0.2) is 11.6 Å². The lowest BCUT2D eigenvalue weighted by Gasteiger charge is -2.28. The third-order valence-corrected chi connectivity index (χ3v) is 5.18. The molecule has 2 amide bonds. The predicted octanol–water partition coefficient (Wildman–Crippen LogP) is 4.92. The molecule has 0 spiro atoms. The van der Waals surface area contributed by atoms with Gasteiger partial charge in [-0.2, -0.15) is 0 Å². The summed E-state index contributed by atoms with van der Waals surface area (Å²) >= 11 is 0. The molecule has 7 nitrogen and oxygen atoms in total. The first-order valence-electron chi connectivity index (χ1n) is 10.3. The van der Waals surface area contributed by atoms with Crippen molar-refractivity contribution in [1.29, 1.82) is 0 Å². The highest BCUT2D eigenvalue weighted by atomic mass is 19.2. The van der Waals surface area contributed by atoms with Crippen LogP contribution in [0.25, 0.3) is 0 Å². The molecule has 1 aliphatic rings. The van der Waals surface area contributed by atoms with Crippen molar-refractivity contribution in [2.45, 2.75) is 25.5 Å². The van der Waals surface area contributed by atoms with Crippen molar-refractivity contribution in [2.24, 2.45) is 0 Å². The summed E-state index contributed by atoms with van der Waals surface area (Å²) in [5, 5.41) is 5.35. The third kappa shape index (κ3) is 5.08. The van der Waals surface area contributed by atoms with E-state index in [9.17, 15) is 18.4 Å². The van der Waals surface area contributed by atoms with Gasteiger partial charge < -0.3 is 20.1 Å². The molecular formula is C24H21F2N3O4. The summed E-state index contributed by atoms with van der Waals surface area (Å²) in [6, 6.07) is 12.9. The van der Waals surface area contributed by atoms with Crippen LogP contribution in [0.3, 0.4) is 0 Å². The minimum atomic E-state index is -1.07. The Kier molecular flexibility index (Phi) is 6.48. The number of carbonyl (C=O) groups is 2. The summed E-state index contributed by atoms with van der Waals surface area (Å²) in [6.45, 7) is 1.99. The minimum Gasteiger partial charge on any atom is -0.492 e. The lowest BCUT2D eigenvalue weighted by atomic mass is 9.97. The van der Waals surface area contributed by atoms with Gasteiger partial charge in [-0.25, -0.2) is 13.6 Å². The van der Waals surface area contributed by atoms with Crippen LogP contribution in [0, 0.1) is 11.6 Å². The SMILES string of the molecule is CC(OC(=O)N[C@H]1CCOc2c(C(=O)Nc3ccc(F)c(F)c3)cccc21)c1ccccn1. The summed E-state index contributed by atoms with van der Waals surface area (Å²) in [7, 11) is 0. The van der Waals surface area contributed by atoms with Gasteiger partial charge in [0.25, 0.3) is 5.91 Å². The van der Waals surface area contributed by atoms with Crippen molar-refractivity contribution in [3.8, 4) is 5.75 Å². The quantitative estimate of drug-likeness (QED) is 0.572. The molecule has 0 radical (unpaired) electrons. The molecule has 0 saturated carbocycles. The predicted molar refractivity (Wildman–Crippen MR) is 116 cm³/mol. The molecule has 9 heteroatoms. The number of aromatic nitrogens is 1. The van der Waals surface area contributed by atoms with Gasteiger partial charge in [0, 0.05) is 29.9 Å². The maximum Gasteiger partial charge on any atom is 0.408 e. The van der Waals surface area contributed by atoms with Crippen LogP contribution in [0.4, 0.5) is 19.3 Å². The largest absolute Gasteiger partial charge is 0.492 e. The van der Waals surface area contributed by atoms with Crippen molar-refractivity contribution in [1.82, 2.24) is 10.3 Å². The molecule has 2 aromatic carbocycles. The maximum atomic E-state index is 13.5. The van der Waals surface area contributed by atoms with Gasteiger partial charge in [0.2, 0.25) is 0 Å². The first-order chi connectivity index (χ1) is 15.9. The number of pyridine rings is 1. The highest BCUT2D eigenvalue weighted by Crippen LogP contribution is 2.35. The van der Waals surface area contributed by atoms with E-state index in [2.05, 4.69) is 15.6 Å². The van der Waals surface area contributed by atoms with Crippen LogP contribution in [0.5, 0.6) is 5.75 Å². The van der Waals surface area contributed by atoms with Crippen molar-refractivity contribution in [3.63, 3.8) is 0 Å². The van der Waals surface area contributed by atoms with Crippen molar-refractivity contribution >= 4 is 17.7 Å². The molecule has 1 aromatic heterocycles. The Morgan fingerprint density at radius 2 is 1.97 bits per heavy atom. The fourth-order valence-electron chi connectivity index (χ4n) is 3.54. The Bertz CT molecular complexity index is 1170. The number of benzene rings is 2. The maximum absolute atomic E-state index is 13.5. The first-order valence-corrected chi connectivity index (χ1v) is 10.3. The normalized spacial score (nSPS) is 15.5. The van der Waals surface area contributed by atoms with Crippen molar-refractivity contribution in [2.75, 3.05) is 11.9 Å². The number of anilines is 1. The average molecular weight is 453 g/mol. The zero-order valence-electron chi connectivity index (χ0n) is 17.7. The number of nitrogens with zero attached hydrogens (tertiary/aromatic N) is 1. The number of amides is 2. The molecule has 4 rings (SSSR count). The second kappa shape index (κ2) is 9.64. The Hall–Kier alpha value is -4.01. The number of halogens is 2.